The lowest BCUT2D eigenvalue weighted by molar-refractivity contribution is -0.115. The molecule has 0 aliphatic carbocycles. The smallest absolute Gasteiger partial charge is 0.228 e. The number of carbonyl (C=O) groups is 1. The van der Waals surface area contributed by atoms with Gasteiger partial charge >= 0.3 is 0 Å². The number of nitrogens with zero attached hydrogens (tertiary/aromatic N) is 1. The third-order valence-corrected chi connectivity index (χ3v) is 3.22. The molecule has 0 unspecified atom stereocenters. The summed E-state index contributed by atoms with van der Waals surface area (Å²) in [6, 6.07) is 11.6. The first kappa shape index (κ1) is 15.0. The van der Waals surface area contributed by atoms with Crippen LogP contribution in [0, 0.1) is 6.92 Å². The molecule has 4 nitrogen and oxygen atoms in total. The summed E-state index contributed by atoms with van der Waals surface area (Å²) in [5.41, 5.74) is 2.89. The van der Waals surface area contributed by atoms with Gasteiger partial charge in [-0.25, -0.2) is 4.98 Å². The second kappa shape index (κ2) is 7.43. The van der Waals surface area contributed by atoms with E-state index in [1.165, 1.54) is 0 Å². The van der Waals surface area contributed by atoms with Crippen LogP contribution < -0.4 is 10.6 Å². The summed E-state index contributed by atoms with van der Waals surface area (Å²) >= 11 is 0. The molecule has 0 bridgehead atoms. The van der Waals surface area contributed by atoms with Gasteiger partial charge in [0.05, 0.1) is 18.3 Å². The Bertz CT molecular complexity index is 593. The van der Waals surface area contributed by atoms with Crippen molar-refractivity contribution >= 4 is 17.4 Å². The zero-order chi connectivity index (χ0) is 15.1. The van der Waals surface area contributed by atoms with Crippen LogP contribution in [0.3, 0.4) is 0 Å². The van der Waals surface area contributed by atoms with Gasteiger partial charge in [-0.3, -0.25) is 4.79 Å². The lowest BCUT2D eigenvalue weighted by atomic mass is 10.1. The van der Waals surface area contributed by atoms with Crippen LogP contribution in [0.4, 0.5) is 11.5 Å². The van der Waals surface area contributed by atoms with Gasteiger partial charge in [-0.1, -0.05) is 31.2 Å². The monoisotopic (exact) mass is 283 g/mol. The van der Waals surface area contributed by atoms with E-state index in [-0.39, 0.29) is 5.91 Å². The van der Waals surface area contributed by atoms with Crippen LogP contribution in [0.5, 0.6) is 0 Å². The van der Waals surface area contributed by atoms with Crippen LogP contribution >= 0.6 is 0 Å². The molecule has 21 heavy (non-hydrogen) atoms. The van der Waals surface area contributed by atoms with Gasteiger partial charge in [0.2, 0.25) is 5.91 Å². The average molecular weight is 283 g/mol. The number of carbonyl (C=O) groups excluding carboxylic acids is 1. The van der Waals surface area contributed by atoms with Gasteiger partial charge in [-0.2, -0.15) is 0 Å². The zero-order valence-electron chi connectivity index (χ0n) is 12.5. The Morgan fingerprint density at radius 1 is 1.19 bits per heavy atom. The van der Waals surface area contributed by atoms with E-state index in [2.05, 4.69) is 22.5 Å². The number of anilines is 2. The van der Waals surface area contributed by atoms with E-state index in [4.69, 9.17) is 0 Å². The van der Waals surface area contributed by atoms with Crippen LogP contribution in [-0.2, 0) is 11.2 Å². The number of aromatic nitrogens is 1. The van der Waals surface area contributed by atoms with Crippen LogP contribution in [0.2, 0.25) is 0 Å². The summed E-state index contributed by atoms with van der Waals surface area (Å²) in [4.78, 5) is 16.3. The fourth-order valence-corrected chi connectivity index (χ4v) is 2.01. The predicted molar refractivity (Wildman–Crippen MR) is 86.5 cm³/mol. The molecule has 0 spiro atoms. The highest BCUT2D eigenvalue weighted by Gasteiger charge is 2.06. The molecule has 0 aliphatic rings. The molecule has 0 fully saturated rings. The van der Waals surface area contributed by atoms with E-state index < -0.39 is 0 Å². The van der Waals surface area contributed by atoms with Gasteiger partial charge in [-0.15, -0.1) is 0 Å². The minimum atomic E-state index is -0.0274. The van der Waals surface area contributed by atoms with Crippen LogP contribution in [0.15, 0.2) is 42.6 Å². The number of hydrogen-bond acceptors (Lipinski definition) is 3. The third-order valence-electron chi connectivity index (χ3n) is 3.22. The fraction of sp³-hybridized carbons (Fsp3) is 0.294. The number of benzene rings is 1. The summed E-state index contributed by atoms with van der Waals surface area (Å²) in [5.74, 6) is 0.800. The van der Waals surface area contributed by atoms with E-state index in [0.717, 1.165) is 35.6 Å². The van der Waals surface area contributed by atoms with Crippen molar-refractivity contribution < 1.29 is 4.79 Å². The highest BCUT2D eigenvalue weighted by Crippen LogP contribution is 2.12. The van der Waals surface area contributed by atoms with Crippen molar-refractivity contribution in [2.75, 3.05) is 17.2 Å². The summed E-state index contributed by atoms with van der Waals surface area (Å²) < 4.78 is 0. The lowest BCUT2D eigenvalue weighted by Gasteiger charge is -2.08. The van der Waals surface area contributed by atoms with E-state index in [1.54, 1.807) is 6.20 Å². The van der Waals surface area contributed by atoms with Crippen LogP contribution in [0.1, 0.15) is 24.5 Å². The summed E-state index contributed by atoms with van der Waals surface area (Å²) in [6.45, 7) is 5.01. The second-order valence-corrected chi connectivity index (χ2v) is 5.01. The Kier molecular flexibility index (Phi) is 5.32. The van der Waals surface area contributed by atoms with Crippen LogP contribution in [-0.4, -0.2) is 17.4 Å². The van der Waals surface area contributed by atoms with Crippen molar-refractivity contribution in [1.29, 1.82) is 0 Å². The first-order valence-corrected chi connectivity index (χ1v) is 7.23. The molecule has 1 heterocycles. The van der Waals surface area contributed by atoms with Crippen molar-refractivity contribution in [2.24, 2.45) is 0 Å². The summed E-state index contributed by atoms with van der Waals surface area (Å²) in [5, 5.41) is 6.07. The molecule has 0 saturated heterocycles. The number of rotatable bonds is 6. The highest BCUT2D eigenvalue weighted by atomic mass is 16.1. The quantitative estimate of drug-likeness (QED) is 0.854. The summed E-state index contributed by atoms with van der Waals surface area (Å²) in [6.07, 6.45) is 3.10. The molecule has 2 N–H and O–H groups in total. The molecule has 4 heteroatoms. The number of pyridine rings is 1. The maximum atomic E-state index is 12.0. The largest absolute Gasteiger partial charge is 0.370 e. The van der Waals surface area contributed by atoms with Gasteiger partial charge in [-0.05, 0) is 36.6 Å². The van der Waals surface area contributed by atoms with E-state index in [1.807, 2.05) is 43.3 Å². The van der Waals surface area contributed by atoms with Gasteiger partial charge in [0.1, 0.15) is 5.82 Å². The number of amides is 1. The molecular weight excluding hydrogens is 262 g/mol. The van der Waals surface area contributed by atoms with Crippen LogP contribution in [0.25, 0.3) is 0 Å². The number of nitrogens with one attached hydrogen (secondary N) is 2. The number of aryl methyl sites for hydroxylation is 1. The first-order valence-electron chi connectivity index (χ1n) is 7.23. The standard InChI is InChI=1S/C17H21N3O/c1-3-10-18-16-9-8-15(12-19-16)20-17(21)11-14-7-5-4-6-13(14)2/h4-9,12H,3,10-11H2,1-2H3,(H,18,19)(H,20,21). The fourth-order valence-electron chi connectivity index (χ4n) is 2.01. The van der Waals surface area contributed by atoms with E-state index >= 15 is 0 Å². The first-order chi connectivity index (χ1) is 10.2. The molecule has 1 aromatic heterocycles. The molecule has 1 aromatic carbocycles. The minimum absolute atomic E-state index is 0.0274. The van der Waals surface area contributed by atoms with Gasteiger partial charge in [0, 0.05) is 6.54 Å². The average Bonchev–Trinajstić information content (AvgIpc) is 2.49. The molecule has 110 valence electrons. The lowest BCUT2D eigenvalue weighted by Crippen LogP contribution is -2.15. The van der Waals surface area contributed by atoms with Crippen molar-refractivity contribution in [3.05, 3.63) is 53.7 Å². The highest BCUT2D eigenvalue weighted by molar-refractivity contribution is 5.92. The molecular formula is C17H21N3O. The Morgan fingerprint density at radius 2 is 2.00 bits per heavy atom. The maximum Gasteiger partial charge on any atom is 0.228 e. The maximum absolute atomic E-state index is 12.0. The zero-order valence-corrected chi connectivity index (χ0v) is 12.5. The van der Waals surface area contributed by atoms with Crippen molar-refractivity contribution in [2.45, 2.75) is 26.7 Å². The van der Waals surface area contributed by atoms with Gasteiger partial charge in [0.15, 0.2) is 0 Å². The molecule has 0 aliphatic heterocycles. The van der Waals surface area contributed by atoms with Gasteiger partial charge < -0.3 is 10.6 Å². The Morgan fingerprint density at radius 3 is 2.67 bits per heavy atom. The molecule has 2 aromatic rings. The van der Waals surface area contributed by atoms with Crippen molar-refractivity contribution in [3.63, 3.8) is 0 Å². The molecule has 2 rings (SSSR count). The Hall–Kier alpha value is -2.36. The van der Waals surface area contributed by atoms with Crippen molar-refractivity contribution in [3.8, 4) is 0 Å². The minimum Gasteiger partial charge on any atom is -0.370 e. The SMILES string of the molecule is CCCNc1ccc(NC(=O)Cc2ccccc2C)cn1. The van der Waals surface area contributed by atoms with Crippen molar-refractivity contribution in [1.82, 2.24) is 4.98 Å². The summed E-state index contributed by atoms with van der Waals surface area (Å²) in [7, 11) is 0. The normalized spacial score (nSPS) is 10.2. The molecule has 0 radical (unpaired) electrons. The topological polar surface area (TPSA) is 54.0 Å². The third kappa shape index (κ3) is 4.60. The molecule has 0 atom stereocenters. The number of hydrogen-bond donors (Lipinski definition) is 2. The van der Waals surface area contributed by atoms with E-state index in [9.17, 15) is 4.79 Å². The second-order valence-electron chi connectivity index (χ2n) is 5.01. The Labute approximate surface area is 125 Å². The Balaban J connectivity index is 1.92. The predicted octanol–water partition coefficient (Wildman–Crippen LogP) is 3.39. The van der Waals surface area contributed by atoms with E-state index in [0.29, 0.717) is 6.42 Å². The molecule has 0 saturated carbocycles. The molecule has 1 amide bonds. The van der Waals surface area contributed by atoms with Gasteiger partial charge in [0.25, 0.3) is 0 Å².